The normalized spacial score (nSPS) is 11.4. The minimum absolute atomic E-state index is 0.0449. The highest BCUT2D eigenvalue weighted by atomic mass is 32.2. The number of para-hydroxylation sites is 1. The minimum atomic E-state index is -3.25. The third-order valence-corrected chi connectivity index (χ3v) is 7.27. The van der Waals surface area contributed by atoms with E-state index in [0.29, 0.717) is 47.8 Å². The Labute approximate surface area is 200 Å². The van der Waals surface area contributed by atoms with Crippen molar-refractivity contribution in [2.75, 3.05) is 40.1 Å². The molecule has 3 rings (SSSR count). The Balaban J connectivity index is 1.85. The van der Waals surface area contributed by atoms with Crippen LogP contribution in [0.3, 0.4) is 0 Å². The molecule has 3 aromatic rings. The Bertz CT molecular complexity index is 1230. The average molecular weight is 487 g/mol. The van der Waals surface area contributed by atoms with Crippen LogP contribution in [0.15, 0.2) is 54.7 Å². The van der Waals surface area contributed by atoms with E-state index in [4.69, 9.17) is 9.47 Å². The summed E-state index contributed by atoms with van der Waals surface area (Å²) in [6, 6.07) is 14.9. The number of hydrogen-bond donors (Lipinski definition) is 1. The van der Waals surface area contributed by atoms with E-state index in [2.05, 4.69) is 10.4 Å². The highest BCUT2D eigenvalue weighted by Gasteiger charge is 2.20. The van der Waals surface area contributed by atoms with Crippen LogP contribution in [0, 0.1) is 0 Å². The highest BCUT2D eigenvalue weighted by Crippen LogP contribution is 2.33. The van der Waals surface area contributed by atoms with Crippen molar-refractivity contribution in [3.63, 3.8) is 0 Å². The number of rotatable bonds is 11. The number of carbonyl (C=O) groups excluding carboxylic acids is 1. The zero-order valence-corrected chi connectivity index (χ0v) is 20.6. The van der Waals surface area contributed by atoms with E-state index in [-0.39, 0.29) is 11.7 Å². The number of aromatic nitrogens is 2. The van der Waals surface area contributed by atoms with E-state index in [1.165, 1.54) is 4.31 Å². The molecule has 1 heterocycles. The quantitative estimate of drug-likeness (QED) is 0.418. The second-order valence-corrected chi connectivity index (χ2v) is 9.94. The van der Waals surface area contributed by atoms with Gasteiger partial charge in [0.2, 0.25) is 10.0 Å². The van der Waals surface area contributed by atoms with E-state index < -0.39 is 10.0 Å². The van der Waals surface area contributed by atoms with Crippen molar-refractivity contribution in [2.45, 2.75) is 13.3 Å². The summed E-state index contributed by atoms with van der Waals surface area (Å²) < 4.78 is 37.5. The smallest absolute Gasteiger partial charge is 0.255 e. The molecule has 182 valence electrons. The Hall–Kier alpha value is -3.37. The lowest BCUT2D eigenvalue weighted by Gasteiger charge is -2.15. The van der Waals surface area contributed by atoms with Gasteiger partial charge in [0.1, 0.15) is 5.69 Å². The predicted molar refractivity (Wildman–Crippen MR) is 131 cm³/mol. The molecule has 0 saturated carbocycles. The summed E-state index contributed by atoms with van der Waals surface area (Å²) in [5.41, 5.74) is 2.40. The summed E-state index contributed by atoms with van der Waals surface area (Å²) in [6.45, 7) is 2.25. The van der Waals surface area contributed by atoms with Crippen LogP contribution in [0.4, 0.5) is 0 Å². The van der Waals surface area contributed by atoms with Gasteiger partial charge >= 0.3 is 0 Å². The van der Waals surface area contributed by atoms with Crippen LogP contribution in [-0.4, -0.2) is 68.5 Å². The number of nitrogens with one attached hydrogen (secondary N) is 1. The van der Waals surface area contributed by atoms with Crippen LogP contribution >= 0.6 is 0 Å². The van der Waals surface area contributed by atoms with Crippen molar-refractivity contribution in [1.82, 2.24) is 19.4 Å². The van der Waals surface area contributed by atoms with Gasteiger partial charge in [0, 0.05) is 31.9 Å². The molecule has 0 unspecified atom stereocenters. The number of hydrogen-bond acceptors (Lipinski definition) is 6. The molecule has 9 nitrogen and oxygen atoms in total. The maximum atomic E-state index is 13.1. The maximum absolute atomic E-state index is 13.1. The van der Waals surface area contributed by atoms with Crippen LogP contribution in [0.5, 0.6) is 11.5 Å². The Morgan fingerprint density at radius 2 is 1.79 bits per heavy atom. The van der Waals surface area contributed by atoms with Crippen molar-refractivity contribution < 1.29 is 22.7 Å². The van der Waals surface area contributed by atoms with E-state index in [9.17, 15) is 13.2 Å². The molecule has 1 amide bonds. The molecule has 0 spiro atoms. The van der Waals surface area contributed by atoms with Gasteiger partial charge in [-0.05, 0) is 43.7 Å². The highest BCUT2D eigenvalue weighted by molar-refractivity contribution is 7.89. The van der Waals surface area contributed by atoms with Gasteiger partial charge in [0.25, 0.3) is 5.91 Å². The molecule has 0 fully saturated rings. The van der Waals surface area contributed by atoms with Gasteiger partial charge in [0.05, 0.1) is 31.2 Å². The number of amides is 1. The molecule has 0 atom stereocenters. The zero-order valence-electron chi connectivity index (χ0n) is 19.8. The Morgan fingerprint density at radius 3 is 2.44 bits per heavy atom. The lowest BCUT2D eigenvalue weighted by molar-refractivity contribution is 0.0953. The molecule has 0 aliphatic rings. The standard InChI is InChI=1S/C24H30N4O5S/c1-5-34(30,31)27(2)15-9-14-25-24(29)20-17-28(19-10-7-6-8-11-19)26-23(20)18-12-13-21(32-3)22(16-18)33-4/h6-8,10-13,16-17H,5,9,14-15H2,1-4H3,(H,25,29). The second-order valence-electron chi connectivity index (χ2n) is 7.57. The first-order chi connectivity index (χ1) is 16.3. The van der Waals surface area contributed by atoms with Crippen molar-refractivity contribution in [3.8, 4) is 28.4 Å². The van der Waals surface area contributed by atoms with Crippen LogP contribution in [0.25, 0.3) is 16.9 Å². The van der Waals surface area contributed by atoms with Crippen molar-refractivity contribution in [1.29, 1.82) is 0 Å². The fourth-order valence-electron chi connectivity index (χ4n) is 3.41. The molecular formula is C24H30N4O5S. The molecular weight excluding hydrogens is 456 g/mol. The van der Waals surface area contributed by atoms with Crippen molar-refractivity contribution >= 4 is 15.9 Å². The first kappa shape index (κ1) is 25.3. The number of ether oxygens (including phenoxy) is 2. The summed E-state index contributed by atoms with van der Waals surface area (Å²) in [5.74, 6) is 0.850. The summed E-state index contributed by atoms with van der Waals surface area (Å²) in [5, 5.41) is 7.55. The Kier molecular flexibility index (Phi) is 8.30. The fraction of sp³-hybridized carbons (Fsp3) is 0.333. The summed E-state index contributed by atoms with van der Waals surface area (Å²) in [6.07, 6.45) is 2.17. The molecule has 1 N–H and O–H groups in total. The maximum Gasteiger partial charge on any atom is 0.255 e. The number of carbonyl (C=O) groups is 1. The largest absolute Gasteiger partial charge is 0.493 e. The predicted octanol–water partition coefficient (Wildman–Crippen LogP) is 2.96. The van der Waals surface area contributed by atoms with Gasteiger partial charge in [-0.3, -0.25) is 4.79 Å². The van der Waals surface area contributed by atoms with Gasteiger partial charge in [-0.25, -0.2) is 17.4 Å². The first-order valence-corrected chi connectivity index (χ1v) is 12.5. The minimum Gasteiger partial charge on any atom is -0.493 e. The topological polar surface area (TPSA) is 103 Å². The molecule has 0 radical (unpaired) electrons. The summed E-state index contributed by atoms with van der Waals surface area (Å²) in [7, 11) is 1.40. The van der Waals surface area contributed by atoms with Crippen molar-refractivity contribution in [2.24, 2.45) is 0 Å². The van der Waals surface area contributed by atoms with Crippen LogP contribution < -0.4 is 14.8 Å². The average Bonchev–Trinajstić information content (AvgIpc) is 3.32. The van der Waals surface area contributed by atoms with Gasteiger partial charge in [-0.1, -0.05) is 18.2 Å². The molecule has 0 bridgehead atoms. The molecule has 0 saturated heterocycles. The second kappa shape index (κ2) is 11.2. The molecule has 1 aromatic heterocycles. The Morgan fingerprint density at radius 1 is 1.09 bits per heavy atom. The number of sulfonamides is 1. The molecule has 0 aliphatic carbocycles. The molecule has 34 heavy (non-hydrogen) atoms. The molecule has 10 heteroatoms. The zero-order chi connectivity index (χ0) is 24.7. The fourth-order valence-corrected chi connectivity index (χ4v) is 4.26. The monoisotopic (exact) mass is 486 g/mol. The van der Waals surface area contributed by atoms with E-state index in [0.717, 1.165) is 5.69 Å². The van der Waals surface area contributed by atoms with Crippen molar-refractivity contribution in [3.05, 3.63) is 60.3 Å². The number of benzene rings is 2. The lowest BCUT2D eigenvalue weighted by atomic mass is 10.1. The number of methoxy groups -OCH3 is 2. The third-order valence-electron chi connectivity index (χ3n) is 5.41. The SMILES string of the molecule is CCS(=O)(=O)N(C)CCCNC(=O)c1cn(-c2ccccc2)nc1-c1ccc(OC)c(OC)c1. The van der Waals surface area contributed by atoms with E-state index >= 15 is 0 Å². The summed E-state index contributed by atoms with van der Waals surface area (Å²) in [4.78, 5) is 13.1. The number of nitrogens with zero attached hydrogens (tertiary/aromatic N) is 3. The van der Waals surface area contributed by atoms with Gasteiger partial charge in [-0.2, -0.15) is 5.10 Å². The van der Waals surface area contributed by atoms with Gasteiger partial charge in [-0.15, -0.1) is 0 Å². The van der Waals surface area contributed by atoms with Gasteiger partial charge in [0.15, 0.2) is 11.5 Å². The van der Waals surface area contributed by atoms with Crippen LogP contribution in [0.1, 0.15) is 23.7 Å². The van der Waals surface area contributed by atoms with Gasteiger partial charge < -0.3 is 14.8 Å². The molecule has 0 aliphatic heterocycles. The lowest BCUT2D eigenvalue weighted by Crippen LogP contribution is -2.32. The van der Waals surface area contributed by atoms with E-state index in [1.807, 2.05) is 36.4 Å². The first-order valence-electron chi connectivity index (χ1n) is 10.9. The van der Waals surface area contributed by atoms with E-state index in [1.54, 1.807) is 51.2 Å². The molecule has 2 aromatic carbocycles. The van der Waals surface area contributed by atoms with Crippen LogP contribution in [0.2, 0.25) is 0 Å². The third kappa shape index (κ3) is 5.75. The summed E-state index contributed by atoms with van der Waals surface area (Å²) >= 11 is 0. The van der Waals surface area contributed by atoms with Crippen LogP contribution in [-0.2, 0) is 10.0 Å².